The Labute approximate surface area is 153 Å². The normalized spacial score (nSPS) is 13.7. The lowest BCUT2D eigenvalue weighted by molar-refractivity contribution is -0.122. The molecule has 3 heterocycles. The van der Waals surface area contributed by atoms with Gasteiger partial charge < -0.3 is 9.84 Å². The lowest BCUT2D eigenvalue weighted by atomic mass is 10.1. The standard InChI is InChI=1S/C18H18N4O3S/c1-11-7-15(25-21-11)14-8-17(24)22(20-18(14)12-4-5-12)10-16(23)19-9-13-3-2-6-26-13/h2-3,6-8,12H,4-5,9-10H2,1H3,(H,19,23). The van der Waals surface area contributed by atoms with E-state index in [1.165, 1.54) is 10.7 Å². The van der Waals surface area contributed by atoms with E-state index in [2.05, 4.69) is 15.6 Å². The summed E-state index contributed by atoms with van der Waals surface area (Å²) in [4.78, 5) is 25.7. The third kappa shape index (κ3) is 3.60. The number of amides is 1. The van der Waals surface area contributed by atoms with Crippen LogP contribution >= 0.6 is 11.3 Å². The molecule has 3 aromatic heterocycles. The van der Waals surface area contributed by atoms with E-state index >= 15 is 0 Å². The van der Waals surface area contributed by atoms with Crippen LogP contribution in [0.1, 0.15) is 35.0 Å². The fourth-order valence-electron chi connectivity index (χ4n) is 2.76. The van der Waals surface area contributed by atoms with Crippen molar-refractivity contribution in [1.82, 2.24) is 20.3 Å². The topological polar surface area (TPSA) is 90.0 Å². The molecule has 26 heavy (non-hydrogen) atoms. The van der Waals surface area contributed by atoms with E-state index in [1.807, 2.05) is 24.4 Å². The first-order valence-corrected chi connectivity index (χ1v) is 9.33. The Morgan fingerprint density at radius 1 is 1.42 bits per heavy atom. The predicted molar refractivity (Wildman–Crippen MR) is 96.9 cm³/mol. The molecule has 1 N–H and O–H groups in total. The minimum atomic E-state index is -0.329. The molecule has 0 aliphatic heterocycles. The van der Waals surface area contributed by atoms with E-state index in [4.69, 9.17) is 4.52 Å². The van der Waals surface area contributed by atoms with Crippen LogP contribution in [0.4, 0.5) is 0 Å². The van der Waals surface area contributed by atoms with Crippen LogP contribution in [-0.4, -0.2) is 20.8 Å². The lowest BCUT2D eigenvalue weighted by Gasteiger charge is -2.10. The zero-order valence-electron chi connectivity index (χ0n) is 14.3. The number of aryl methyl sites for hydroxylation is 1. The molecule has 0 spiro atoms. The van der Waals surface area contributed by atoms with Crippen molar-refractivity contribution in [2.24, 2.45) is 0 Å². The van der Waals surface area contributed by atoms with Crippen molar-refractivity contribution < 1.29 is 9.32 Å². The van der Waals surface area contributed by atoms with Crippen LogP contribution in [0.15, 0.2) is 39.0 Å². The number of rotatable bonds is 6. The van der Waals surface area contributed by atoms with Crippen molar-refractivity contribution in [3.05, 3.63) is 56.3 Å². The maximum absolute atomic E-state index is 12.4. The fourth-order valence-corrected chi connectivity index (χ4v) is 3.40. The monoisotopic (exact) mass is 370 g/mol. The van der Waals surface area contributed by atoms with Gasteiger partial charge in [-0.15, -0.1) is 11.3 Å². The molecule has 0 atom stereocenters. The number of carbonyl (C=O) groups excluding carboxylic acids is 1. The van der Waals surface area contributed by atoms with Crippen LogP contribution in [-0.2, 0) is 17.9 Å². The molecule has 1 aliphatic carbocycles. The highest BCUT2D eigenvalue weighted by Crippen LogP contribution is 2.42. The van der Waals surface area contributed by atoms with Crippen LogP contribution < -0.4 is 10.9 Å². The first kappa shape index (κ1) is 16.7. The summed E-state index contributed by atoms with van der Waals surface area (Å²) in [5, 5.41) is 13.1. The fraction of sp³-hybridized carbons (Fsp3) is 0.333. The van der Waals surface area contributed by atoms with E-state index in [-0.39, 0.29) is 18.0 Å². The van der Waals surface area contributed by atoms with Crippen LogP contribution in [0.3, 0.4) is 0 Å². The van der Waals surface area contributed by atoms with Gasteiger partial charge in [0.05, 0.1) is 17.9 Å². The summed E-state index contributed by atoms with van der Waals surface area (Å²) in [7, 11) is 0. The number of nitrogens with zero attached hydrogens (tertiary/aromatic N) is 3. The number of aromatic nitrogens is 3. The average molecular weight is 370 g/mol. The van der Waals surface area contributed by atoms with Crippen LogP contribution in [0.25, 0.3) is 11.3 Å². The summed E-state index contributed by atoms with van der Waals surface area (Å²) >= 11 is 1.58. The Kier molecular flexibility index (Phi) is 4.42. The van der Waals surface area contributed by atoms with Gasteiger partial charge in [0.15, 0.2) is 5.76 Å². The SMILES string of the molecule is Cc1cc(-c2cc(=O)n(CC(=O)NCc3cccs3)nc2C2CC2)on1. The number of thiophene rings is 1. The van der Waals surface area contributed by atoms with Gasteiger partial charge >= 0.3 is 0 Å². The smallest absolute Gasteiger partial charge is 0.267 e. The third-order valence-electron chi connectivity index (χ3n) is 4.22. The Balaban J connectivity index is 1.56. The maximum atomic E-state index is 12.4. The van der Waals surface area contributed by atoms with Gasteiger partial charge in [0.2, 0.25) is 5.91 Å². The summed E-state index contributed by atoms with van der Waals surface area (Å²) in [6, 6.07) is 7.17. The summed E-state index contributed by atoms with van der Waals surface area (Å²) in [6.45, 7) is 2.19. The average Bonchev–Trinajstić information content (AvgIpc) is 3.15. The number of carbonyl (C=O) groups is 1. The quantitative estimate of drug-likeness (QED) is 0.720. The van der Waals surface area contributed by atoms with Crippen molar-refractivity contribution in [1.29, 1.82) is 0 Å². The first-order chi connectivity index (χ1) is 12.6. The van der Waals surface area contributed by atoms with Crippen LogP contribution in [0.5, 0.6) is 0 Å². The summed E-state index contributed by atoms with van der Waals surface area (Å²) < 4.78 is 6.53. The molecule has 1 aliphatic rings. The van der Waals surface area contributed by atoms with Gasteiger partial charge in [-0.05, 0) is 31.2 Å². The highest BCUT2D eigenvalue weighted by Gasteiger charge is 2.30. The van der Waals surface area contributed by atoms with Crippen molar-refractivity contribution in [2.75, 3.05) is 0 Å². The van der Waals surface area contributed by atoms with Gasteiger partial charge in [-0.1, -0.05) is 11.2 Å². The molecule has 3 aromatic rings. The van der Waals surface area contributed by atoms with Gasteiger partial charge in [0.25, 0.3) is 5.56 Å². The summed E-state index contributed by atoms with van der Waals surface area (Å²) in [6.07, 6.45) is 2.05. The second-order valence-electron chi connectivity index (χ2n) is 6.40. The zero-order chi connectivity index (χ0) is 18.1. The predicted octanol–water partition coefficient (Wildman–Crippen LogP) is 2.46. The molecule has 0 unspecified atom stereocenters. The number of hydrogen-bond donors (Lipinski definition) is 1. The zero-order valence-corrected chi connectivity index (χ0v) is 15.1. The molecule has 1 fully saturated rings. The molecule has 0 radical (unpaired) electrons. The van der Waals surface area contributed by atoms with E-state index in [0.29, 0.717) is 23.8 Å². The summed E-state index contributed by atoms with van der Waals surface area (Å²) in [5.41, 5.74) is 1.89. The maximum Gasteiger partial charge on any atom is 0.267 e. The van der Waals surface area contributed by atoms with E-state index < -0.39 is 0 Å². The Morgan fingerprint density at radius 3 is 2.92 bits per heavy atom. The van der Waals surface area contributed by atoms with E-state index in [9.17, 15) is 9.59 Å². The second kappa shape index (κ2) is 6.87. The van der Waals surface area contributed by atoms with Crippen molar-refractivity contribution >= 4 is 17.2 Å². The third-order valence-corrected chi connectivity index (χ3v) is 5.09. The lowest BCUT2D eigenvalue weighted by Crippen LogP contribution is -2.33. The van der Waals surface area contributed by atoms with Gasteiger partial charge in [0, 0.05) is 28.5 Å². The van der Waals surface area contributed by atoms with E-state index in [0.717, 1.165) is 29.1 Å². The first-order valence-electron chi connectivity index (χ1n) is 8.45. The Bertz CT molecular complexity index is 986. The highest BCUT2D eigenvalue weighted by atomic mass is 32.1. The minimum Gasteiger partial charge on any atom is -0.356 e. The molecular formula is C18H18N4O3S. The molecule has 7 nitrogen and oxygen atoms in total. The summed E-state index contributed by atoms with van der Waals surface area (Å²) in [5.74, 6) is 0.609. The molecule has 0 saturated heterocycles. The molecule has 1 saturated carbocycles. The van der Waals surface area contributed by atoms with Crippen molar-refractivity contribution in [3.8, 4) is 11.3 Å². The van der Waals surface area contributed by atoms with Crippen molar-refractivity contribution in [3.63, 3.8) is 0 Å². The van der Waals surface area contributed by atoms with Crippen LogP contribution in [0, 0.1) is 6.92 Å². The largest absolute Gasteiger partial charge is 0.356 e. The Morgan fingerprint density at radius 2 is 2.27 bits per heavy atom. The molecular weight excluding hydrogens is 352 g/mol. The minimum absolute atomic E-state index is 0.0976. The van der Waals surface area contributed by atoms with Crippen molar-refractivity contribution in [2.45, 2.75) is 38.8 Å². The van der Waals surface area contributed by atoms with Gasteiger partial charge in [0.1, 0.15) is 6.54 Å². The van der Waals surface area contributed by atoms with Gasteiger partial charge in [-0.25, -0.2) is 4.68 Å². The van der Waals surface area contributed by atoms with Gasteiger partial charge in [-0.2, -0.15) is 5.10 Å². The second-order valence-corrected chi connectivity index (χ2v) is 7.43. The molecule has 8 heteroatoms. The highest BCUT2D eigenvalue weighted by molar-refractivity contribution is 7.09. The number of hydrogen-bond acceptors (Lipinski definition) is 6. The molecule has 0 aromatic carbocycles. The molecule has 1 amide bonds. The van der Waals surface area contributed by atoms with Crippen LogP contribution in [0.2, 0.25) is 0 Å². The molecule has 134 valence electrons. The molecule has 0 bridgehead atoms. The van der Waals surface area contributed by atoms with E-state index in [1.54, 1.807) is 17.4 Å². The number of nitrogens with one attached hydrogen (secondary N) is 1. The molecule has 4 rings (SSSR count). The Hall–Kier alpha value is -2.74. The van der Waals surface area contributed by atoms with Gasteiger partial charge in [-0.3, -0.25) is 9.59 Å².